The number of benzene rings is 1. The van der Waals surface area contributed by atoms with Crippen molar-refractivity contribution < 1.29 is 23.0 Å². The van der Waals surface area contributed by atoms with Crippen LogP contribution in [0.1, 0.15) is 29.8 Å². The number of anilines is 3. The molecule has 1 fully saturated rings. The minimum Gasteiger partial charge on any atom is -0.493 e. The Hall–Kier alpha value is -3.01. The normalized spacial score (nSPS) is 20.6. The van der Waals surface area contributed by atoms with Crippen molar-refractivity contribution in [3.05, 3.63) is 30.1 Å². The molecule has 1 saturated carbocycles. The van der Waals surface area contributed by atoms with Gasteiger partial charge in [0.25, 0.3) is 5.92 Å². The van der Waals surface area contributed by atoms with Crippen molar-refractivity contribution in [2.45, 2.75) is 37.3 Å². The summed E-state index contributed by atoms with van der Waals surface area (Å²) in [6, 6.07) is 3.11. The summed E-state index contributed by atoms with van der Waals surface area (Å²) in [6.07, 6.45) is 2.50. The number of alkyl halides is 2. The standard InChI is InChI=1S/C19H23F2N5O3/c1-28-14-6-5-11(8-15(14)29-2)24-18-13(10-27)23-9-16(26-18)25-12-4-3-7-19(20,21)17(12)22/h5-6,8-10,12,17H,3-4,7,22H2,1-2H3,(H2,24,25,26). The Balaban J connectivity index is 1.83. The van der Waals surface area contributed by atoms with E-state index in [4.69, 9.17) is 15.2 Å². The van der Waals surface area contributed by atoms with Crippen LogP contribution in [0.5, 0.6) is 11.5 Å². The third-order valence-corrected chi connectivity index (χ3v) is 4.84. The number of rotatable bonds is 7. The number of ether oxygens (including phenoxy) is 2. The molecule has 1 aromatic carbocycles. The first kappa shape index (κ1) is 20.7. The Kier molecular flexibility index (Phi) is 6.12. The fourth-order valence-electron chi connectivity index (χ4n) is 3.25. The molecule has 156 valence electrons. The lowest BCUT2D eigenvalue weighted by molar-refractivity contribution is -0.0554. The molecular formula is C19H23F2N5O3. The number of methoxy groups -OCH3 is 2. The van der Waals surface area contributed by atoms with E-state index in [2.05, 4.69) is 20.6 Å². The van der Waals surface area contributed by atoms with Crippen LogP contribution in [0.15, 0.2) is 24.4 Å². The maximum atomic E-state index is 13.9. The zero-order chi connectivity index (χ0) is 21.0. The number of hydrogen-bond acceptors (Lipinski definition) is 8. The van der Waals surface area contributed by atoms with Gasteiger partial charge in [-0.25, -0.2) is 18.7 Å². The minimum absolute atomic E-state index is 0.0728. The molecule has 0 bridgehead atoms. The summed E-state index contributed by atoms with van der Waals surface area (Å²) in [7, 11) is 3.03. The first-order valence-corrected chi connectivity index (χ1v) is 9.09. The molecule has 1 aliphatic carbocycles. The highest BCUT2D eigenvalue weighted by molar-refractivity contribution is 5.82. The largest absolute Gasteiger partial charge is 0.493 e. The Labute approximate surface area is 166 Å². The van der Waals surface area contributed by atoms with Gasteiger partial charge in [-0.3, -0.25) is 4.79 Å². The second kappa shape index (κ2) is 8.56. The van der Waals surface area contributed by atoms with Crippen LogP contribution >= 0.6 is 0 Å². The summed E-state index contributed by atoms with van der Waals surface area (Å²) in [6.45, 7) is 0. The summed E-state index contributed by atoms with van der Waals surface area (Å²) < 4.78 is 38.2. The molecule has 0 saturated heterocycles. The van der Waals surface area contributed by atoms with E-state index in [0.717, 1.165) is 0 Å². The lowest BCUT2D eigenvalue weighted by Crippen LogP contribution is -2.55. The Morgan fingerprint density at radius 1 is 1.28 bits per heavy atom. The molecule has 10 heteroatoms. The summed E-state index contributed by atoms with van der Waals surface area (Å²) in [5.74, 6) is -1.48. The van der Waals surface area contributed by atoms with Crippen LogP contribution in [-0.2, 0) is 0 Å². The molecule has 1 aromatic heterocycles. The number of carbonyl (C=O) groups excluding carboxylic acids is 1. The number of nitrogens with one attached hydrogen (secondary N) is 2. The topological polar surface area (TPSA) is 111 Å². The zero-order valence-corrected chi connectivity index (χ0v) is 16.1. The van der Waals surface area contributed by atoms with E-state index < -0.39 is 18.0 Å². The molecule has 2 atom stereocenters. The number of aromatic nitrogens is 2. The fraction of sp³-hybridized carbons (Fsp3) is 0.421. The van der Waals surface area contributed by atoms with Gasteiger partial charge in [-0.15, -0.1) is 0 Å². The van der Waals surface area contributed by atoms with E-state index in [0.29, 0.717) is 36.3 Å². The van der Waals surface area contributed by atoms with Gasteiger partial charge < -0.3 is 25.8 Å². The van der Waals surface area contributed by atoms with Crippen LogP contribution < -0.4 is 25.8 Å². The summed E-state index contributed by atoms with van der Waals surface area (Å²) >= 11 is 0. The van der Waals surface area contributed by atoms with Gasteiger partial charge >= 0.3 is 0 Å². The molecule has 4 N–H and O–H groups in total. The highest BCUT2D eigenvalue weighted by Gasteiger charge is 2.44. The quantitative estimate of drug-likeness (QED) is 0.601. The Morgan fingerprint density at radius 3 is 2.72 bits per heavy atom. The number of nitrogens with zero attached hydrogens (tertiary/aromatic N) is 2. The number of carbonyl (C=O) groups is 1. The van der Waals surface area contributed by atoms with Crippen LogP contribution in [-0.4, -0.2) is 48.5 Å². The van der Waals surface area contributed by atoms with Crippen LogP contribution in [0.25, 0.3) is 0 Å². The van der Waals surface area contributed by atoms with Crippen LogP contribution in [0.2, 0.25) is 0 Å². The van der Waals surface area contributed by atoms with Gasteiger partial charge in [-0.05, 0) is 25.0 Å². The maximum absolute atomic E-state index is 13.9. The van der Waals surface area contributed by atoms with Crippen molar-refractivity contribution in [1.82, 2.24) is 9.97 Å². The molecule has 2 unspecified atom stereocenters. The first-order chi connectivity index (χ1) is 13.9. The summed E-state index contributed by atoms with van der Waals surface area (Å²) in [5.41, 5.74) is 6.38. The van der Waals surface area contributed by atoms with Gasteiger partial charge in [0.2, 0.25) is 0 Å². The van der Waals surface area contributed by atoms with E-state index in [9.17, 15) is 13.6 Å². The van der Waals surface area contributed by atoms with E-state index >= 15 is 0 Å². The number of hydrogen-bond donors (Lipinski definition) is 3. The summed E-state index contributed by atoms with van der Waals surface area (Å²) in [4.78, 5) is 19.7. The van der Waals surface area contributed by atoms with Crippen molar-refractivity contribution in [3.8, 4) is 11.5 Å². The van der Waals surface area contributed by atoms with Gasteiger partial charge in [0.1, 0.15) is 11.5 Å². The number of halogens is 2. The predicted molar refractivity (Wildman–Crippen MR) is 104 cm³/mol. The van der Waals surface area contributed by atoms with Gasteiger partial charge in [0, 0.05) is 24.2 Å². The molecule has 0 amide bonds. The van der Waals surface area contributed by atoms with Crippen LogP contribution in [0.4, 0.5) is 26.1 Å². The molecule has 1 heterocycles. The van der Waals surface area contributed by atoms with E-state index in [1.165, 1.54) is 20.4 Å². The molecule has 0 spiro atoms. The van der Waals surface area contributed by atoms with Gasteiger partial charge in [-0.2, -0.15) is 0 Å². The van der Waals surface area contributed by atoms with Crippen LogP contribution in [0, 0.1) is 0 Å². The molecule has 3 rings (SSSR count). The summed E-state index contributed by atoms with van der Waals surface area (Å²) in [5, 5.41) is 5.92. The highest BCUT2D eigenvalue weighted by Crippen LogP contribution is 2.34. The van der Waals surface area contributed by atoms with E-state index in [-0.39, 0.29) is 23.8 Å². The molecule has 0 aliphatic heterocycles. The third kappa shape index (κ3) is 4.53. The van der Waals surface area contributed by atoms with E-state index in [1.807, 2.05) is 0 Å². The molecule has 0 radical (unpaired) electrons. The molecule has 8 nitrogen and oxygen atoms in total. The SMILES string of the molecule is COc1ccc(Nc2nc(NC3CCCC(F)(F)C3N)cnc2C=O)cc1OC. The Bertz CT molecular complexity index is 881. The van der Waals surface area contributed by atoms with Crippen molar-refractivity contribution in [3.63, 3.8) is 0 Å². The van der Waals surface area contributed by atoms with Crippen molar-refractivity contribution in [1.29, 1.82) is 0 Å². The number of nitrogens with two attached hydrogens (primary N) is 1. The van der Waals surface area contributed by atoms with Crippen molar-refractivity contribution in [2.75, 3.05) is 24.9 Å². The zero-order valence-electron chi connectivity index (χ0n) is 16.1. The minimum atomic E-state index is -2.94. The molecule has 1 aliphatic rings. The highest BCUT2D eigenvalue weighted by atomic mass is 19.3. The lowest BCUT2D eigenvalue weighted by Gasteiger charge is -2.36. The fourth-order valence-corrected chi connectivity index (χ4v) is 3.25. The molecular weight excluding hydrogens is 384 g/mol. The maximum Gasteiger partial charge on any atom is 0.264 e. The average molecular weight is 407 g/mol. The average Bonchev–Trinajstić information content (AvgIpc) is 2.71. The second-order valence-electron chi connectivity index (χ2n) is 6.73. The van der Waals surface area contributed by atoms with Gasteiger partial charge in [-0.1, -0.05) is 0 Å². The van der Waals surface area contributed by atoms with Gasteiger partial charge in [0.05, 0.1) is 26.5 Å². The monoisotopic (exact) mass is 407 g/mol. The first-order valence-electron chi connectivity index (χ1n) is 9.09. The van der Waals surface area contributed by atoms with Crippen molar-refractivity contribution in [2.24, 2.45) is 5.73 Å². The Morgan fingerprint density at radius 2 is 2.03 bits per heavy atom. The molecule has 2 aromatic rings. The third-order valence-electron chi connectivity index (χ3n) is 4.84. The van der Waals surface area contributed by atoms with Crippen molar-refractivity contribution >= 4 is 23.6 Å². The molecule has 29 heavy (non-hydrogen) atoms. The smallest absolute Gasteiger partial charge is 0.264 e. The number of aldehydes is 1. The predicted octanol–water partition coefficient (Wildman–Crippen LogP) is 2.98. The second-order valence-corrected chi connectivity index (χ2v) is 6.73. The van der Waals surface area contributed by atoms with Crippen LogP contribution in [0.3, 0.4) is 0 Å². The van der Waals surface area contributed by atoms with E-state index in [1.54, 1.807) is 18.2 Å². The lowest BCUT2D eigenvalue weighted by atomic mass is 9.87. The van der Waals surface area contributed by atoms with Gasteiger partial charge in [0.15, 0.2) is 23.6 Å².